The highest BCUT2D eigenvalue weighted by Gasteiger charge is 2.16. The maximum absolute atomic E-state index is 12.4. The predicted octanol–water partition coefficient (Wildman–Crippen LogP) is 4.94. The van der Waals surface area contributed by atoms with Gasteiger partial charge in [-0.3, -0.25) is 10.1 Å². The molecule has 4 heteroatoms. The molecule has 134 valence electrons. The van der Waals surface area contributed by atoms with Crippen molar-refractivity contribution in [3.8, 4) is 0 Å². The van der Waals surface area contributed by atoms with E-state index in [9.17, 15) is 4.79 Å². The van der Waals surface area contributed by atoms with E-state index in [4.69, 9.17) is 0 Å². The standard InChI is InChI=1S/C22H24N2OS/c1-3-17-9-11-18(12-10-17)22(20-8-5-13-26-20)23-15-21(25)24-19-7-4-6-16(2)14-19/h4-14,22-23H,3,15H2,1-2H3,(H,24,25)/t22-/m0/s1. The van der Waals surface area contributed by atoms with Crippen LogP contribution in [0.4, 0.5) is 5.69 Å². The third-order valence-corrected chi connectivity index (χ3v) is 5.25. The van der Waals surface area contributed by atoms with E-state index in [1.165, 1.54) is 16.0 Å². The lowest BCUT2D eigenvalue weighted by Gasteiger charge is -2.18. The first-order valence-electron chi connectivity index (χ1n) is 8.88. The molecule has 1 aromatic heterocycles. The second-order valence-electron chi connectivity index (χ2n) is 6.34. The SMILES string of the molecule is CCc1ccc([C@H](NCC(=O)Nc2cccc(C)c2)c2cccs2)cc1. The van der Waals surface area contributed by atoms with E-state index in [0.29, 0.717) is 0 Å². The number of hydrogen-bond acceptors (Lipinski definition) is 3. The quantitative estimate of drug-likeness (QED) is 0.624. The lowest BCUT2D eigenvalue weighted by Crippen LogP contribution is -2.31. The summed E-state index contributed by atoms with van der Waals surface area (Å²) in [6, 6.07) is 20.6. The molecule has 0 spiro atoms. The molecule has 0 radical (unpaired) electrons. The number of benzene rings is 2. The van der Waals surface area contributed by atoms with Crippen molar-refractivity contribution in [3.05, 3.63) is 87.6 Å². The van der Waals surface area contributed by atoms with Crippen LogP contribution in [0.2, 0.25) is 0 Å². The summed E-state index contributed by atoms with van der Waals surface area (Å²) in [5.74, 6) is -0.0395. The minimum absolute atomic E-state index is 0.0177. The monoisotopic (exact) mass is 364 g/mol. The molecule has 0 aliphatic carbocycles. The van der Waals surface area contributed by atoms with Crippen LogP contribution in [-0.4, -0.2) is 12.5 Å². The fourth-order valence-electron chi connectivity index (χ4n) is 2.91. The lowest BCUT2D eigenvalue weighted by molar-refractivity contribution is -0.115. The van der Waals surface area contributed by atoms with E-state index >= 15 is 0 Å². The van der Waals surface area contributed by atoms with Crippen LogP contribution in [-0.2, 0) is 11.2 Å². The maximum Gasteiger partial charge on any atom is 0.238 e. The molecule has 2 N–H and O–H groups in total. The molecule has 0 aliphatic heterocycles. The zero-order valence-electron chi connectivity index (χ0n) is 15.2. The van der Waals surface area contributed by atoms with Gasteiger partial charge in [0.1, 0.15) is 0 Å². The van der Waals surface area contributed by atoms with E-state index in [1.54, 1.807) is 11.3 Å². The van der Waals surface area contributed by atoms with Crippen molar-refractivity contribution < 1.29 is 4.79 Å². The summed E-state index contributed by atoms with van der Waals surface area (Å²) in [6.07, 6.45) is 1.02. The van der Waals surface area contributed by atoms with E-state index in [0.717, 1.165) is 17.7 Å². The number of amides is 1. The van der Waals surface area contributed by atoms with Gasteiger partial charge in [-0.1, -0.05) is 49.4 Å². The minimum Gasteiger partial charge on any atom is -0.325 e. The van der Waals surface area contributed by atoms with E-state index in [1.807, 2.05) is 37.3 Å². The van der Waals surface area contributed by atoms with Crippen molar-refractivity contribution in [3.63, 3.8) is 0 Å². The fraction of sp³-hybridized carbons (Fsp3) is 0.227. The van der Waals surface area contributed by atoms with Gasteiger partial charge >= 0.3 is 0 Å². The van der Waals surface area contributed by atoms with E-state index in [-0.39, 0.29) is 18.5 Å². The molecule has 0 aliphatic rings. The Labute approximate surface area is 159 Å². The van der Waals surface area contributed by atoms with Crippen LogP contribution in [0.3, 0.4) is 0 Å². The van der Waals surface area contributed by atoms with Crippen LogP contribution in [0.15, 0.2) is 66.0 Å². The predicted molar refractivity (Wildman–Crippen MR) is 110 cm³/mol. The number of thiophene rings is 1. The smallest absolute Gasteiger partial charge is 0.238 e. The summed E-state index contributed by atoms with van der Waals surface area (Å²) in [5.41, 5.74) is 4.45. The summed E-state index contributed by atoms with van der Waals surface area (Å²) in [6.45, 7) is 4.42. The molecule has 0 saturated heterocycles. The van der Waals surface area contributed by atoms with Crippen LogP contribution >= 0.6 is 11.3 Å². The van der Waals surface area contributed by atoms with Gasteiger partial charge in [-0.15, -0.1) is 11.3 Å². The Morgan fingerprint density at radius 2 is 1.88 bits per heavy atom. The molecular formula is C22H24N2OS. The number of nitrogens with one attached hydrogen (secondary N) is 2. The Morgan fingerprint density at radius 1 is 1.08 bits per heavy atom. The Morgan fingerprint density at radius 3 is 2.54 bits per heavy atom. The normalized spacial score (nSPS) is 11.9. The minimum atomic E-state index is -0.0395. The van der Waals surface area contributed by atoms with Crippen LogP contribution in [0.25, 0.3) is 0 Å². The van der Waals surface area contributed by atoms with E-state index in [2.05, 4.69) is 53.3 Å². The summed E-state index contributed by atoms with van der Waals surface area (Å²) >= 11 is 1.70. The first kappa shape index (κ1) is 18.4. The summed E-state index contributed by atoms with van der Waals surface area (Å²) in [4.78, 5) is 13.6. The zero-order valence-corrected chi connectivity index (χ0v) is 16.0. The first-order chi connectivity index (χ1) is 12.7. The van der Waals surface area contributed by atoms with Crippen LogP contribution < -0.4 is 10.6 Å². The molecular weight excluding hydrogens is 340 g/mol. The molecule has 1 heterocycles. The number of carbonyl (C=O) groups is 1. The highest BCUT2D eigenvalue weighted by molar-refractivity contribution is 7.10. The van der Waals surface area contributed by atoms with Crippen molar-refractivity contribution in [1.29, 1.82) is 0 Å². The van der Waals surface area contributed by atoms with Gasteiger partial charge in [-0.25, -0.2) is 0 Å². The third kappa shape index (κ3) is 4.81. The maximum atomic E-state index is 12.4. The molecule has 1 atom stereocenters. The number of carbonyl (C=O) groups excluding carboxylic acids is 1. The van der Waals surface area contributed by atoms with Gasteiger partial charge < -0.3 is 5.32 Å². The molecule has 3 aromatic rings. The molecule has 26 heavy (non-hydrogen) atoms. The molecule has 0 fully saturated rings. The molecule has 1 amide bonds. The van der Waals surface area contributed by atoms with Crippen molar-refractivity contribution >= 4 is 22.9 Å². The van der Waals surface area contributed by atoms with Gasteiger partial charge in [-0.05, 0) is 53.6 Å². The largest absolute Gasteiger partial charge is 0.325 e. The Kier molecular flexibility index (Phi) is 6.21. The third-order valence-electron chi connectivity index (χ3n) is 4.32. The highest BCUT2D eigenvalue weighted by Crippen LogP contribution is 2.26. The Bertz CT molecular complexity index is 841. The molecule has 3 nitrogen and oxygen atoms in total. The topological polar surface area (TPSA) is 41.1 Å². The molecule has 3 rings (SSSR count). The fourth-order valence-corrected chi connectivity index (χ4v) is 3.73. The molecule has 0 bridgehead atoms. The van der Waals surface area contributed by atoms with Crippen molar-refractivity contribution in [2.45, 2.75) is 26.3 Å². The van der Waals surface area contributed by atoms with E-state index < -0.39 is 0 Å². The van der Waals surface area contributed by atoms with Gasteiger partial charge in [0.2, 0.25) is 5.91 Å². The second-order valence-corrected chi connectivity index (χ2v) is 7.32. The van der Waals surface area contributed by atoms with Gasteiger partial charge in [0.05, 0.1) is 12.6 Å². The lowest BCUT2D eigenvalue weighted by atomic mass is 10.0. The molecule has 2 aromatic carbocycles. The van der Waals surface area contributed by atoms with Gasteiger partial charge in [-0.2, -0.15) is 0 Å². The van der Waals surface area contributed by atoms with Gasteiger partial charge in [0.25, 0.3) is 0 Å². The Hall–Kier alpha value is -2.43. The molecule has 0 unspecified atom stereocenters. The number of aryl methyl sites for hydroxylation is 2. The van der Waals surface area contributed by atoms with Crippen LogP contribution in [0.5, 0.6) is 0 Å². The first-order valence-corrected chi connectivity index (χ1v) is 9.76. The Balaban J connectivity index is 1.69. The molecule has 0 saturated carbocycles. The summed E-state index contributed by atoms with van der Waals surface area (Å²) in [5, 5.41) is 8.43. The number of rotatable bonds is 7. The van der Waals surface area contributed by atoms with Crippen molar-refractivity contribution in [1.82, 2.24) is 5.32 Å². The van der Waals surface area contributed by atoms with Gasteiger partial charge in [0, 0.05) is 10.6 Å². The van der Waals surface area contributed by atoms with Crippen molar-refractivity contribution in [2.24, 2.45) is 0 Å². The summed E-state index contributed by atoms with van der Waals surface area (Å²) in [7, 11) is 0. The average molecular weight is 365 g/mol. The van der Waals surface area contributed by atoms with Crippen LogP contribution in [0, 0.1) is 6.92 Å². The summed E-state index contributed by atoms with van der Waals surface area (Å²) < 4.78 is 0. The zero-order chi connectivity index (χ0) is 18.4. The number of hydrogen-bond donors (Lipinski definition) is 2. The van der Waals surface area contributed by atoms with Crippen LogP contribution in [0.1, 0.15) is 34.5 Å². The van der Waals surface area contributed by atoms with Crippen molar-refractivity contribution in [2.75, 3.05) is 11.9 Å². The van der Waals surface area contributed by atoms with Gasteiger partial charge in [0.15, 0.2) is 0 Å². The second kappa shape index (κ2) is 8.79. The average Bonchev–Trinajstić information content (AvgIpc) is 3.17. The number of anilines is 1. The highest BCUT2D eigenvalue weighted by atomic mass is 32.1.